The molecule has 1 heterocycles. The van der Waals surface area contributed by atoms with E-state index in [1.165, 1.54) is 7.11 Å². The van der Waals surface area contributed by atoms with Crippen LogP contribution in [0.25, 0.3) is 0 Å². The number of methoxy groups -OCH3 is 1. The third kappa shape index (κ3) is 3.61. The number of rotatable bonds is 4. The first kappa shape index (κ1) is 13.8. The molecule has 2 unspecified atom stereocenters. The Hall–Kier alpha value is -1.26. The van der Waals surface area contributed by atoms with Crippen LogP contribution in [0.15, 0.2) is 0 Å². The van der Waals surface area contributed by atoms with Crippen LogP contribution in [-0.4, -0.2) is 43.1 Å². The molecule has 1 fully saturated rings. The van der Waals surface area contributed by atoms with Gasteiger partial charge in [-0.15, -0.1) is 0 Å². The number of carbonyl (C=O) groups excluding carboxylic acids is 2. The zero-order chi connectivity index (χ0) is 12.8. The van der Waals surface area contributed by atoms with Crippen LogP contribution in [0, 0.1) is 5.92 Å². The highest BCUT2D eigenvalue weighted by Gasteiger charge is 2.31. The lowest BCUT2D eigenvalue weighted by atomic mass is 9.98. The Labute approximate surface area is 102 Å². The molecule has 1 rings (SSSR count). The van der Waals surface area contributed by atoms with Crippen LogP contribution in [0.4, 0.5) is 4.79 Å². The first-order valence-electron chi connectivity index (χ1n) is 6.23. The van der Waals surface area contributed by atoms with Crippen molar-refractivity contribution in [1.82, 2.24) is 10.2 Å². The van der Waals surface area contributed by atoms with E-state index in [-0.39, 0.29) is 11.8 Å². The van der Waals surface area contributed by atoms with E-state index in [2.05, 4.69) is 10.1 Å². The molecule has 2 atom stereocenters. The van der Waals surface area contributed by atoms with Gasteiger partial charge in [-0.05, 0) is 18.8 Å². The van der Waals surface area contributed by atoms with E-state index in [9.17, 15) is 9.59 Å². The second-order valence-electron chi connectivity index (χ2n) is 4.53. The third-order valence-corrected chi connectivity index (χ3v) is 3.36. The molecule has 0 aliphatic carbocycles. The van der Waals surface area contributed by atoms with E-state index < -0.39 is 12.1 Å². The molecule has 1 N–H and O–H groups in total. The largest absolute Gasteiger partial charge is 0.453 e. The van der Waals surface area contributed by atoms with Crippen LogP contribution in [0.3, 0.4) is 0 Å². The number of alkyl carbamates (subject to hydrolysis) is 1. The number of amides is 2. The van der Waals surface area contributed by atoms with Crippen molar-refractivity contribution in [2.45, 2.75) is 39.2 Å². The minimum atomic E-state index is -0.539. The molecule has 0 bridgehead atoms. The second kappa shape index (κ2) is 6.47. The standard InChI is InChI=1S/C12H22N2O3/c1-4-9(2)10(13-12(16)17-3)11(15)14-7-5-6-8-14/h9-10H,4-8H2,1-3H3,(H,13,16). The predicted octanol–water partition coefficient (Wildman–Crippen LogP) is 1.38. The number of carbonyl (C=O) groups is 2. The van der Waals surface area contributed by atoms with Crippen molar-refractivity contribution >= 4 is 12.0 Å². The lowest BCUT2D eigenvalue weighted by Gasteiger charge is -2.27. The maximum absolute atomic E-state index is 12.3. The molecule has 5 nitrogen and oxygen atoms in total. The Morgan fingerprint density at radius 2 is 1.94 bits per heavy atom. The van der Waals surface area contributed by atoms with Crippen molar-refractivity contribution in [3.63, 3.8) is 0 Å². The van der Waals surface area contributed by atoms with Gasteiger partial charge in [-0.1, -0.05) is 20.3 Å². The fraction of sp³-hybridized carbons (Fsp3) is 0.833. The Balaban J connectivity index is 2.67. The maximum Gasteiger partial charge on any atom is 0.407 e. The summed E-state index contributed by atoms with van der Waals surface area (Å²) in [5, 5.41) is 2.64. The molecule has 2 amide bonds. The minimum absolute atomic E-state index is 0.0160. The van der Waals surface area contributed by atoms with Gasteiger partial charge in [0.25, 0.3) is 0 Å². The summed E-state index contributed by atoms with van der Waals surface area (Å²) in [5.74, 6) is 0.129. The van der Waals surface area contributed by atoms with E-state index in [1.54, 1.807) is 0 Å². The summed E-state index contributed by atoms with van der Waals surface area (Å²) >= 11 is 0. The van der Waals surface area contributed by atoms with Crippen LogP contribution in [0.5, 0.6) is 0 Å². The van der Waals surface area contributed by atoms with Crippen LogP contribution < -0.4 is 5.32 Å². The van der Waals surface area contributed by atoms with Gasteiger partial charge < -0.3 is 15.0 Å². The zero-order valence-electron chi connectivity index (χ0n) is 10.9. The van der Waals surface area contributed by atoms with Gasteiger partial charge in [-0.25, -0.2) is 4.79 Å². The quantitative estimate of drug-likeness (QED) is 0.810. The van der Waals surface area contributed by atoms with Gasteiger partial charge in [0.2, 0.25) is 5.91 Å². The molecule has 0 aromatic carbocycles. The van der Waals surface area contributed by atoms with Gasteiger partial charge in [0.1, 0.15) is 6.04 Å². The molecule has 0 aromatic heterocycles. The van der Waals surface area contributed by atoms with Crippen LogP contribution >= 0.6 is 0 Å². The van der Waals surface area contributed by atoms with E-state index in [0.29, 0.717) is 0 Å². The Kier molecular flexibility index (Phi) is 5.25. The lowest BCUT2D eigenvalue weighted by molar-refractivity contribution is -0.133. The molecule has 1 aliphatic rings. The topological polar surface area (TPSA) is 58.6 Å². The molecule has 1 aliphatic heterocycles. The van der Waals surface area contributed by atoms with Crippen LogP contribution in [-0.2, 0) is 9.53 Å². The fourth-order valence-corrected chi connectivity index (χ4v) is 2.00. The summed E-state index contributed by atoms with van der Waals surface area (Å²) in [6.45, 7) is 5.58. The number of nitrogens with one attached hydrogen (secondary N) is 1. The smallest absolute Gasteiger partial charge is 0.407 e. The highest BCUT2D eigenvalue weighted by atomic mass is 16.5. The van der Waals surface area contributed by atoms with Crippen molar-refractivity contribution in [3.8, 4) is 0 Å². The molecule has 0 radical (unpaired) electrons. The SMILES string of the molecule is CCC(C)C(NC(=O)OC)C(=O)N1CCCC1. The Morgan fingerprint density at radius 3 is 2.41 bits per heavy atom. The van der Waals surface area contributed by atoms with Crippen LogP contribution in [0.1, 0.15) is 33.1 Å². The van der Waals surface area contributed by atoms with Gasteiger partial charge in [-0.3, -0.25) is 4.79 Å². The number of hydrogen-bond donors (Lipinski definition) is 1. The van der Waals surface area contributed by atoms with Crippen molar-refractivity contribution in [1.29, 1.82) is 0 Å². The summed E-state index contributed by atoms with van der Waals surface area (Å²) in [5.41, 5.74) is 0. The van der Waals surface area contributed by atoms with E-state index in [4.69, 9.17) is 0 Å². The fourth-order valence-electron chi connectivity index (χ4n) is 2.00. The molecule has 1 saturated heterocycles. The van der Waals surface area contributed by atoms with E-state index in [0.717, 1.165) is 32.4 Å². The normalized spacial score (nSPS) is 18.6. The summed E-state index contributed by atoms with van der Waals surface area (Å²) in [7, 11) is 1.31. The number of likely N-dealkylation sites (tertiary alicyclic amines) is 1. The van der Waals surface area contributed by atoms with Gasteiger partial charge >= 0.3 is 6.09 Å². The monoisotopic (exact) mass is 242 g/mol. The second-order valence-corrected chi connectivity index (χ2v) is 4.53. The van der Waals surface area contributed by atoms with E-state index in [1.807, 2.05) is 18.7 Å². The highest BCUT2D eigenvalue weighted by Crippen LogP contribution is 2.15. The van der Waals surface area contributed by atoms with Crippen LogP contribution in [0.2, 0.25) is 0 Å². The number of ether oxygens (including phenoxy) is 1. The average molecular weight is 242 g/mol. The molecule has 0 spiro atoms. The first-order valence-corrected chi connectivity index (χ1v) is 6.23. The van der Waals surface area contributed by atoms with Crippen molar-refractivity contribution < 1.29 is 14.3 Å². The summed E-state index contributed by atoms with van der Waals surface area (Å²) in [4.78, 5) is 25.3. The average Bonchev–Trinajstić information content (AvgIpc) is 2.87. The van der Waals surface area contributed by atoms with E-state index >= 15 is 0 Å². The maximum atomic E-state index is 12.3. The highest BCUT2D eigenvalue weighted by molar-refractivity contribution is 5.86. The summed E-state index contributed by atoms with van der Waals surface area (Å²) in [6.07, 6.45) is 2.41. The summed E-state index contributed by atoms with van der Waals surface area (Å²) in [6, 6.07) is -0.467. The molecular weight excluding hydrogens is 220 g/mol. The van der Waals surface area contributed by atoms with Crippen molar-refractivity contribution in [2.24, 2.45) is 5.92 Å². The molecule has 0 aromatic rings. The first-order chi connectivity index (χ1) is 8.10. The predicted molar refractivity (Wildman–Crippen MR) is 64.6 cm³/mol. The molecular formula is C12H22N2O3. The van der Waals surface area contributed by atoms with Crippen molar-refractivity contribution in [2.75, 3.05) is 20.2 Å². The number of nitrogens with zero attached hydrogens (tertiary/aromatic N) is 1. The molecule has 5 heteroatoms. The third-order valence-electron chi connectivity index (χ3n) is 3.36. The Morgan fingerprint density at radius 1 is 1.35 bits per heavy atom. The zero-order valence-corrected chi connectivity index (χ0v) is 10.9. The molecule has 0 saturated carbocycles. The Bertz CT molecular complexity index is 275. The molecule has 98 valence electrons. The van der Waals surface area contributed by atoms with Gasteiger partial charge in [-0.2, -0.15) is 0 Å². The number of hydrogen-bond acceptors (Lipinski definition) is 3. The molecule has 17 heavy (non-hydrogen) atoms. The van der Waals surface area contributed by atoms with Gasteiger partial charge in [0, 0.05) is 13.1 Å². The van der Waals surface area contributed by atoms with Gasteiger partial charge in [0.05, 0.1) is 7.11 Å². The minimum Gasteiger partial charge on any atom is -0.453 e. The lowest BCUT2D eigenvalue weighted by Crippen LogP contribution is -2.51. The summed E-state index contributed by atoms with van der Waals surface area (Å²) < 4.78 is 4.57. The van der Waals surface area contributed by atoms with Crippen molar-refractivity contribution in [3.05, 3.63) is 0 Å². The van der Waals surface area contributed by atoms with Gasteiger partial charge in [0.15, 0.2) is 0 Å².